The zero-order valence-electron chi connectivity index (χ0n) is 42.5. The van der Waals surface area contributed by atoms with E-state index in [-0.39, 0.29) is 24.9 Å². The Labute approximate surface area is 395 Å². The van der Waals surface area contributed by atoms with Gasteiger partial charge in [0.15, 0.2) is 0 Å². The van der Waals surface area contributed by atoms with Crippen LogP contribution in [-0.4, -0.2) is 69.4 Å². The summed E-state index contributed by atoms with van der Waals surface area (Å²) in [6.45, 7) is 6.69. The number of carbonyl (C=O) groups is 2. The maximum atomic E-state index is 13.4. The molecule has 0 aromatic rings. The van der Waals surface area contributed by atoms with Crippen molar-refractivity contribution in [2.45, 2.75) is 245 Å². The minimum atomic E-state index is -4.69. The Morgan fingerprint density at radius 1 is 0.562 bits per heavy atom. The van der Waals surface area contributed by atoms with Crippen LogP contribution in [0.4, 0.5) is 0 Å². The molecule has 0 saturated heterocycles. The number of allylic oxidation sites excluding steroid dienone is 7. The molecule has 374 valence electrons. The smallest absolute Gasteiger partial charge is 0.306 e. The van der Waals surface area contributed by atoms with E-state index < -0.39 is 26.6 Å². The number of quaternary nitrogens is 1. The van der Waals surface area contributed by atoms with Crippen LogP contribution < -0.4 is 10.2 Å². The molecule has 3 unspecified atom stereocenters. The van der Waals surface area contributed by atoms with E-state index in [9.17, 15) is 19.0 Å². The molecule has 0 aliphatic rings. The number of hydrogen-bond acceptors (Lipinski definition) is 7. The first-order valence-electron chi connectivity index (χ1n) is 26.5. The summed E-state index contributed by atoms with van der Waals surface area (Å²) in [5.41, 5.74) is 0. The molecule has 0 heterocycles. The lowest BCUT2D eigenvalue weighted by Gasteiger charge is -2.30. The molecule has 0 radical (unpaired) electrons. The molecule has 10 heteroatoms. The van der Waals surface area contributed by atoms with Crippen molar-refractivity contribution < 1.29 is 37.3 Å². The van der Waals surface area contributed by atoms with Gasteiger partial charge in [-0.1, -0.05) is 217 Å². The quantitative estimate of drug-likeness (QED) is 0.0161. The highest BCUT2D eigenvalue weighted by Gasteiger charge is 2.27. The second-order valence-electron chi connectivity index (χ2n) is 19.1. The van der Waals surface area contributed by atoms with E-state index in [1.54, 1.807) is 0 Å². The second kappa shape index (κ2) is 44.8. The van der Waals surface area contributed by atoms with Crippen LogP contribution >= 0.6 is 7.82 Å². The van der Waals surface area contributed by atoms with E-state index in [0.717, 1.165) is 77.0 Å². The minimum absolute atomic E-state index is 0.0239. The molecule has 0 saturated carbocycles. The highest BCUT2D eigenvalue weighted by Crippen LogP contribution is 2.38. The van der Waals surface area contributed by atoms with Crippen LogP contribution in [0.25, 0.3) is 0 Å². The molecule has 0 spiro atoms. The fourth-order valence-electron chi connectivity index (χ4n) is 7.46. The average Bonchev–Trinajstić information content (AvgIpc) is 3.25. The third-order valence-corrected chi connectivity index (χ3v) is 12.5. The van der Waals surface area contributed by atoms with E-state index >= 15 is 0 Å². The third kappa shape index (κ3) is 45.1. The SMILES string of the molecule is CC/C=C/C=C/C=C/CCCCCCCCCC(=O)OC(/C=C/CCCCCCCCCCCC)C(COP(=O)([O-])OCC[N+](C)(C)C)NC(=O)CCCCCCCCCCCCC. The number of rotatable bonds is 47. The monoisotopic (exact) mass is 921 g/mol. The van der Waals surface area contributed by atoms with Gasteiger partial charge in [0.2, 0.25) is 5.91 Å². The Hall–Kier alpha value is -2.03. The molecule has 0 aliphatic carbocycles. The van der Waals surface area contributed by atoms with E-state index in [1.807, 2.05) is 33.3 Å². The minimum Gasteiger partial charge on any atom is -0.756 e. The van der Waals surface area contributed by atoms with Gasteiger partial charge < -0.3 is 28.5 Å². The Morgan fingerprint density at radius 3 is 1.48 bits per heavy atom. The third-order valence-electron chi connectivity index (χ3n) is 11.6. The van der Waals surface area contributed by atoms with Gasteiger partial charge in [0.1, 0.15) is 19.3 Å². The predicted octanol–water partition coefficient (Wildman–Crippen LogP) is 14.7. The van der Waals surface area contributed by atoms with Gasteiger partial charge >= 0.3 is 5.97 Å². The number of amides is 1. The Balaban J connectivity index is 5.42. The Morgan fingerprint density at radius 2 is 1.00 bits per heavy atom. The number of ether oxygens (including phenoxy) is 1. The number of nitrogens with one attached hydrogen (secondary N) is 1. The van der Waals surface area contributed by atoms with Crippen molar-refractivity contribution in [1.29, 1.82) is 0 Å². The lowest BCUT2D eigenvalue weighted by molar-refractivity contribution is -0.870. The summed E-state index contributed by atoms with van der Waals surface area (Å²) in [6, 6.07) is -0.888. The highest BCUT2D eigenvalue weighted by atomic mass is 31.2. The first kappa shape index (κ1) is 62.0. The number of nitrogens with zero attached hydrogens (tertiary/aromatic N) is 1. The van der Waals surface area contributed by atoms with Crippen LogP contribution in [0, 0.1) is 0 Å². The molecule has 1 amide bonds. The van der Waals surface area contributed by atoms with Gasteiger partial charge in [-0.05, 0) is 51.0 Å². The highest BCUT2D eigenvalue weighted by molar-refractivity contribution is 7.45. The summed E-state index contributed by atoms with van der Waals surface area (Å²) >= 11 is 0. The van der Waals surface area contributed by atoms with E-state index in [2.05, 4.69) is 62.5 Å². The van der Waals surface area contributed by atoms with Gasteiger partial charge in [-0.2, -0.15) is 0 Å². The molecule has 64 heavy (non-hydrogen) atoms. The fraction of sp³-hybridized carbons (Fsp3) is 0.815. The van der Waals surface area contributed by atoms with Gasteiger partial charge in [-0.3, -0.25) is 14.2 Å². The molecule has 0 aromatic carbocycles. The van der Waals surface area contributed by atoms with Crippen molar-refractivity contribution in [2.24, 2.45) is 0 Å². The molecule has 0 bridgehead atoms. The van der Waals surface area contributed by atoms with Crippen molar-refractivity contribution >= 4 is 19.7 Å². The molecular weight excluding hydrogens is 820 g/mol. The van der Waals surface area contributed by atoms with Crippen molar-refractivity contribution in [3.05, 3.63) is 48.6 Å². The number of phosphoric acid groups is 1. The summed E-state index contributed by atoms with van der Waals surface area (Å²) < 4.78 is 30.1. The molecule has 9 nitrogen and oxygen atoms in total. The van der Waals surface area contributed by atoms with Crippen LogP contribution in [0.3, 0.4) is 0 Å². The maximum absolute atomic E-state index is 13.4. The number of carbonyl (C=O) groups excluding carboxylic acids is 2. The summed E-state index contributed by atoms with van der Waals surface area (Å²) in [5, 5.41) is 3.01. The van der Waals surface area contributed by atoms with Crippen LogP contribution in [0.5, 0.6) is 0 Å². The van der Waals surface area contributed by atoms with E-state index in [0.29, 0.717) is 17.4 Å². The largest absolute Gasteiger partial charge is 0.756 e. The van der Waals surface area contributed by atoms with Crippen molar-refractivity contribution in [1.82, 2.24) is 5.32 Å². The van der Waals surface area contributed by atoms with E-state index in [4.69, 9.17) is 13.8 Å². The van der Waals surface area contributed by atoms with Crippen LogP contribution in [0.1, 0.15) is 233 Å². The Bertz CT molecular complexity index is 1240. The standard InChI is InChI=1S/C54H101N2O7P/c1-7-10-13-16-19-22-25-27-28-29-32-35-38-41-44-47-54(58)63-52(45-42-39-36-33-31-26-23-20-17-14-11-8-2)51(50-62-64(59,60)61-49-48-56(4,5)6)55-53(57)46-43-40-37-34-30-24-21-18-15-12-9-3/h10,13,16,19,22,25,42,45,51-52H,7-9,11-12,14-15,17-18,20-21,23-24,26-41,43-44,46-50H2,1-6H3,(H-,55,57,59,60)/b13-10+,19-16+,25-22+,45-42+. The normalized spacial score (nSPS) is 14.3. The molecular formula is C54H101N2O7P. The van der Waals surface area contributed by atoms with Gasteiger partial charge in [0.05, 0.1) is 33.8 Å². The molecule has 0 aliphatic heterocycles. The Kier molecular flexibility index (Phi) is 43.4. The fourth-order valence-corrected chi connectivity index (χ4v) is 8.19. The maximum Gasteiger partial charge on any atom is 0.306 e. The van der Waals surface area contributed by atoms with Crippen molar-refractivity contribution in [3.63, 3.8) is 0 Å². The van der Waals surface area contributed by atoms with Gasteiger partial charge in [-0.25, -0.2) is 0 Å². The van der Waals surface area contributed by atoms with Gasteiger partial charge in [0, 0.05) is 12.8 Å². The zero-order valence-corrected chi connectivity index (χ0v) is 43.4. The molecule has 0 aromatic heterocycles. The topological polar surface area (TPSA) is 114 Å². The molecule has 0 fully saturated rings. The van der Waals surface area contributed by atoms with Gasteiger partial charge in [0.25, 0.3) is 7.82 Å². The van der Waals surface area contributed by atoms with Crippen LogP contribution in [0.15, 0.2) is 48.6 Å². The van der Waals surface area contributed by atoms with E-state index in [1.165, 1.54) is 122 Å². The van der Waals surface area contributed by atoms with Crippen LogP contribution in [-0.2, 0) is 27.9 Å². The molecule has 0 rings (SSSR count). The number of unbranched alkanes of at least 4 members (excludes halogenated alkanes) is 27. The summed E-state index contributed by atoms with van der Waals surface area (Å²) in [7, 11) is 1.18. The lowest BCUT2D eigenvalue weighted by atomic mass is 10.0. The number of hydrogen-bond donors (Lipinski definition) is 1. The lowest BCUT2D eigenvalue weighted by Crippen LogP contribution is -2.47. The summed E-state index contributed by atoms with van der Waals surface area (Å²) in [4.78, 5) is 39.7. The number of likely N-dealkylation sites (N-methyl/N-ethyl adjacent to an activating group) is 1. The van der Waals surface area contributed by atoms with Crippen molar-refractivity contribution in [2.75, 3.05) is 40.9 Å². The summed E-state index contributed by atoms with van der Waals surface area (Å²) in [6.07, 6.45) is 52.1. The molecule has 3 atom stereocenters. The zero-order chi connectivity index (χ0) is 47.3. The van der Waals surface area contributed by atoms with Crippen molar-refractivity contribution in [3.8, 4) is 0 Å². The summed E-state index contributed by atoms with van der Waals surface area (Å²) in [5.74, 6) is -0.554. The number of phosphoric ester groups is 1. The first-order valence-corrected chi connectivity index (χ1v) is 27.9. The average molecular weight is 921 g/mol. The van der Waals surface area contributed by atoms with Crippen LogP contribution in [0.2, 0.25) is 0 Å². The predicted molar refractivity (Wildman–Crippen MR) is 270 cm³/mol. The number of esters is 1. The van der Waals surface area contributed by atoms with Gasteiger partial charge in [-0.15, -0.1) is 0 Å². The molecule has 1 N–H and O–H groups in total. The second-order valence-corrected chi connectivity index (χ2v) is 20.5. The first-order chi connectivity index (χ1) is 30.9.